The molecule has 0 aliphatic heterocycles. The first-order valence-corrected chi connectivity index (χ1v) is 8.56. The molecule has 2 N–H and O–H groups in total. The first-order valence-electron chi connectivity index (χ1n) is 7.34. The molecule has 1 aliphatic rings. The van der Waals surface area contributed by atoms with Crippen LogP contribution in [0.25, 0.3) is 0 Å². The van der Waals surface area contributed by atoms with Crippen LogP contribution < -0.4 is 10.1 Å². The van der Waals surface area contributed by atoms with Gasteiger partial charge in [0.1, 0.15) is 5.75 Å². The van der Waals surface area contributed by atoms with E-state index < -0.39 is 0 Å². The molecule has 1 saturated carbocycles. The van der Waals surface area contributed by atoms with Gasteiger partial charge in [-0.15, -0.1) is 11.8 Å². The summed E-state index contributed by atoms with van der Waals surface area (Å²) in [7, 11) is 1.70. The highest BCUT2D eigenvalue weighted by atomic mass is 32.2. The lowest BCUT2D eigenvalue weighted by atomic mass is 10.0. The van der Waals surface area contributed by atoms with Gasteiger partial charge < -0.3 is 15.2 Å². The van der Waals surface area contributed by atoms with Crippen molar-refractivity contribution in [2.24, 2.45) is 5.92 Å². The van der Waals surface area contributed by atoms with Crippen LogP contribution in [0.4, 0.5) is 0 Å². The fourth-order valence-corrected chi connectivity index (χ4v) is 3.41. The Balaban J connectivity index is 1.81. The molecule has 0 radical (unpaired) electrons. The molecular weight excluding hydrogens is 270 g/mol. The highest BCUT2D eigenvalue weighted by Gasteiger charge is 2.22. The molecule has 4 heteroatoms. The topological polar surface area (TPSA) is 41.5 Å². The van der Waals surface area contributed by atoms with Crippen molar-refractivity contribution in [1.29, 1.82) is 0 Å². The molecule has 112 valence electrons. The number of thioether (sulfide) groups is 1. The highest BCUT2D eigenvalue weighted by Crippen LogP contribution is 2.29. The van der Waals surface area contributed by atoms with Crippen molar-refractivity contribution in [1.82, 2.24) is 5.32 Å². The van der Waals surface area contributed by atoms with Gasteiger partial charge >= 0.3 is 0 Å². The van der Waals surface area contributed by atoms with Gasteiger partial charge in [-0.1, -0.05) is 18.9 Å². The number of benzene rings is 1. The van der Waals surface area contributed by atoms with E-state index in [0.29, 0.717) is 12.5 Å². The van der Waals surface area contributed by atoms with Gasteiger partial charge in [-0.3, -0.25) is 0 Å². The summed E-state index contributed by atoms with van der Waals surface area (Å²) in [5.41, 5.74) is 1.19. The largest absolute Gasteiger partial charge is 0.496 e. The maximum atomic E-state index is 10.1. The number of methoxy groups -OCH3 is 1. The fraction of sp³-hybridized carbons (Fsp3) is 0.625. The molecule has 1 aromatic carbocycles. The summed E-state index contributed by atoms with van der Waals surface area (Å²) in [4.78, 5) is 1.15. The van der Waals surface area contributed by atoms with Gasteiger partial charge in [0.15, 0.2) is 0 Å². The Hall–Kier alpha value is -0.710. The Kier molecular flexibility index (Phi) is 6.20. The average Bonchev–Trinajstić information content (AvgIpc) is 3.01. The SMILES string of the molecule is COc1cc(CNCC(O)C2CCCC2)ccc1SC. The second-order valence-electron chi connectivity index (χ2n) is 5.43. The molecule has 1 aliphatic carbocycles. The Morgan fingerprint density at radius 1 is 1.40 bits per heavy atom. The van der Waals surface area contributed by atoms with Crippen LogP contribution in [0.5, 0.6) is 5.75 Å². The Bertz CT molecular complexity index is 419. The van der Waals surface area contributed by atoms with E-state index in [-0.39, 0.29) is 6.10 Å². The van der Waals surface area contributed by atoms with E-state index in [1.165, 1.54) is 31.2 Å². The van der Waals surface area contributed by atoms with Crippen molar-refractivity contribution < 1.29 is 9.84 Å². The van der Waals surface area contributed by atoms with Crippen LogP contribution in [0.1, 0.15) is 31.2 Å². The van der Waals surface area contributed by atoms with Crippen molar-refractivity contribution in [2.45, 2.75) is 43.2 Å². The van der Waals surface area contributed by atoms with Crippen molar-refractivity contribution in [3.05, 3.63) is 23.8 Å². The third kappa shape index (κ3) is 4.14. The number of ether oxygens (including phenoxy) is 1. The minimum atomic E-state index is -0.204. The third-order valence-corrected chi connectivity index (χ3v) is 4.85. The van der Waals surface area contributed by atoms with Crippen LogP contribution in [0.15, 0.2) is 23.1 Å². The standard InChI is InChI=1S/C16H25NO2S/c1-19-15-9-12(7-8-16(15)20-2)10-17-11-14(18)13-5-3-4-6-13/h7-9,13-14,17-18H,3-6,10-11H2,1-2H3. The van der Waals surface area contributed by atoms with Gasteiger partial charge in [-0.05, 0) is 42.7 Å². The molecule has 0 amide bonds. The molecular formula is C16H25NO2S. The van der Waals surface area contributed by atoms with Crippen molar-refractivity contribution in [3.8, 4) is 5.75 Å². The van der Waals surface area contributed by atoms with Crippen LogP contribution in [0.2, 0.25) is 0 Å². The van der Waals surface area contributed by atoms with Crippen molar-refractivity contribution in [3.63, 3.8) is 0 Å². The zero-order valence-corrected chi connectivity index (χ0v) is 13.2. The number of aliphatic hydroxyl groups excluding tert-OH is 1. The van der Waals surface area contributed by atoms with E-state index >= 15 is 0 Å². The average molecular weight is 295 g/mol. The smallest absolute Gasteiger partial charge is 0.132 e. The predicted molar refractivity (Wildman–Crippen MR) is 84.4 cm³/mol. The maximum absolute atomic E-state index is 10.1. The van der Waals surface area contributed by atoms with Crippen molar-refractivity contribution in [2.75, 3.05) is 19.9 Å². The monoisotopic (exact) mass is 295 g/mol. The molecule has 0 saturated heterocycles. The molecule has 0 heterocycles. The van der Waals surface area contributed by atoms with E-state index in [1.54, 1.807) is 18.9 Å². The van der Waals surface area contributed by atoms with E-state index in [0.717, 1.165) is 17.2 Å². The summed E-state index contributed by atoms with van der Waals surface area (Å²) in [6.45, 7) is 1.45. The highest BCUT2D eigenvalue weighted by molar-refractivity contribution is 7.98. The summed E-state index contributed by atoms with van der Waals surface area (Å²) in [6, 6.07) is 6.28. The normalized spacial score (nSPS) is 17.4. The molecule has 0 aromatic heterocycles. The first-order chi connectivity index (χ1) is 9.74. The summed E-state index contributed by atoms with van der Waals surface area (Å²) in [6.07, 6.45) is 6.75. The molecule has 20 heavy (non-hydrogen) atoms. The molecule has 0 spiro atoms. The number of nitrogens with one attached hydrogen (secondary N) is 1. The van der Waals surface area contributed by atoms with Crippen molar-refractivity contribution >= 4 is 11.8 Å². The number of aliphatic hydroxyl groups is 1. The fourth-order valence-electron chi connectivity index (χ4n) is 2.86. The maximum Gasteiger partial charge on any atom is 0.132 e. The third-order valence-electron chi connectivity index (χ3n) is 4.07. The van der Waals surface area contributed by atoms with Crippen LogP contribution in [-0.2, 0) is 6.54 Å². The zero-order valence-electron chi connectivity index (χ0n) is 12.4. The van der Waals surface area contributed by atoms with E-state index in [4.69, 9.17) is 4.74 Å². The van der Waals surface area contributed by atoms with Gasteiger partial charge in [0.05, 0.1) is 13.2 Å². The summed E-state index contributed by atoms with van der Waals surface area (Å²) in [5, 5.41) is 13.5. The molecule has 2 rings (SSSR count). The minimum absolute atomic E-state index is 0.204. The van der Waals surface area contributed by atoms with Gasteiger partial charge in [0.2, 0.25) is 0 Å². The Labute approximate surface area is 126 Å². The zero-order chi connectivity index (χ0) is 14.4. The number of hydrogen-bond acceptors (Lipinski definition) is 4. The Morgan fingerprint density at radius 2 is 2.15 bits per heavy atom. The number of hydrogen-bond donors (Lipinski definition) is 2. The van der Waals surface area contributed by atoms with Gasteiger partial charge in [0.25, 0.3) is 0 Å². The molecule has 1 fully saturated rings. The molecule has 1 unspecified atom stereocenters. The van der Waals surface area contributed by atoms with Gasteiger partial charge in [-0.2, -0.15) is 0 Å². The second-order valence-corrected chi connectivity index (χ2v) is 6.28. The molecule has 1 atom stereocenters. The minimum Gasteiger partial charge on any atom is -0.496 e. The summed E-state index contributed by atoms with van der Waals surface area (Å²) < 4.78 is 5.39. The lowest BCUT2D eigenvalue weighted by Gasteiger charge is -2.18. The lowest BCUT2D eigenvalue weighted by Crippen LogP contribution is -2.31. The van der Waals surface area contributed by atoms with Crippen LogP contribution >= 0.6 is 11.8 Å². The van der Waals surface area contributed by atoms with Crippen LogP contribution in [0.3, 0.4) is 0 Å². The van der Waals surface area contributed by atoms with Gasteiger partial charge in [-0.25, -0.2) is 0 Å². The summed E-state index contributed by atoms with van der Waals surface area (Å²) in [5.74, 6) is 1.42. The molecule has 3 nitrogen and oxygen atoms in total. The van der Waals surface area contributed by atoms with E-state index in [1.807, 2.05) is 6.26 Å². The number of rotatable bonds is 7. The van der Waals surface area contributed by atoms with E-state index in [9.17, 15) is 5.11 Å². The predicted octanol–water partition coefficient (Wildman–Crippen LogP) is 3.06. The quantitative estimate of drug-likeness (QED) is 0.759. The first kappa shape index (κ1) is 15.7. The van der Waals surface area contributed by atoms with Gasteiger partial charge in [0, 0.05) is 18.0 Å². The van der Waals surface area contributed by atoms with Crippen LogP contribution in [-0.4, -0.2) is 31.1 Å². The van der Waals surface area contributed by atoms with E-state index in [2.05, 4.69) is 23.5 Å². The lowest BCUT2D eigenvalue weighted by molar-refractivity contribution is 0.109. The summed E-state index contributed by atoms with van der Waals surface area (Å²) >= 11 is 1.69. The second kappa shape index (κ2) is 7.91. The molecule has 0 bridgehead atoms. The molecule has 1 aromatic rings. The van der Waals surface area contributed by atoms with Crippen LogP contribution in [0, 0.1) is 5.92 Å². The Morgan fingerprint density at radius 3 is 2.80 bits per heavy atom.